The highest BCUT2D eigenvalue weighted by molar-refractivity contribution is 5.91. The SMILES string of the molecule is Cc1ccc2c(c1)[C@H]1CCC(=O)N1[C@H](C(=O)NCC(=O)O)C2. The van der Waals surface area contributed by atoms with Crippen molar-refractivity contribution in [3.8, 4) is 0 Å². The highest BCUT2D eigenvalue weighted by Crippen LogP contribution is 2.41. The van der Waals surface area contributed by atoms with Gasteiger partial charge in [-0.25, -0.2) is 0 Å². The van der Waals surface area contributed by atoms with Crippen LogP contribution in [-0.4, -0.2) is 40.4 Å². The largest absolute Gasteiger partial charge is 0.480 e. The maximum absolute atomic E-state index is 12.3. The van der Waals surface area contributed by atoms with Gasteiger partial charge in [0.15, 0.2) is 0 Å². The first-order chi connectivity index (χ1) is 10.5. The Bertz CT molecular complexity index is 656. The number of hydrogen-bond acceptors (Lipinski definition) is 3. The number of nitrogens with zero attached hydrogens (tertiary/aromatic N) is 1. The van der Waals surface area contributed by atoms with Gasteiger partial charge < -0.3 is 15.3 Å². The van der Waals surface area contributed by atoms with Crippen LogP contribution >= 0.6 is 0 Å². The summed E-state index contributed by atoms with van der Waals surface area (Å²) >= 11 is 0. The first-order valence-electron chi connectivity index (χ1n) is 7.37. The van der Waals surface area contributed by atoms with Gasteiger partial charge >= 0.3 is 5.97 Å². The minimum Gasteiger partial charge on any atom is -0.480 e. The van der Waals surface area contributed by atoms with Gasteiger partial charge in [0.25, 0.3) is 0 Å². The van der Waals surface area contributed by atoms with Crippen LogP contribution in [0.2, 0.25) is 0 Å². The van der Waals surface area contributed by atoms with Crippen molar-refractivity contribution in [3.63, 3.8) is 0 Å². The average molecular weight is 302 g/mol. The van der Waals surface area contributed by atoms with Gasteiger partial charge in [-0.1, -0.05) is 23.8 Å². The quantitative estimate of drug-likeness (QED) is 0.864. The third kappa shape index (κ3) is 2.45. The fourth-order valence-electron chi connectivity index (χ4n) is 3.42. The van der Waals surface area contributed by atoms with Crippen LogP contribution in [0.15, 0.2) is 18.2 Å². The molecule has 6 heteroatoms. The second kappa shape index (κ2) is 5.44. The molecule has 0 aromatic heterocycles. The summed E-state index contributed by atoms with van der Waals surface area (Å²) < 4.78 is 0. The van der Waals surface area contributed by atoms with Crippen LogP contribution in [0.3, 0.4) is 0 Å². The molecule has 1 fully saturated rings. The first-order valence-corrected chi connectivity index (χ1v) is 7.37. The van der Waals surface area contributed by atoms with E-state index in [0.29, 0.717) is 19.3 Å². The zero-order valence-corrected chi connectivity index (χ0v) is 12.3. The molecule has 1 saturated heterocycles. The lowest BCUT2D eigenvalue weighted by atomic mass is 9.87. The lowest BCUT2D eigenvalue weighted by Crippen LogP contribution is -2.52. The Labute approximate surface area is 128 Å². The molecule has 22 heavy (non-hydrogen) atoms. The van der Waals surface area contributed by atoms with Crippen LogP contribution in [-0.2, 0) is 20.8 Å². The lowest BCUT2D eigenvalue weighted by Gasteiger charge is -2.38. The van der Waals surface area contributed by atoms with E-state index in [4.69, 9.17) is 5.11 Å². The molecule has 2 aliphatic heterocycles. The van der Waals surface area contributed by atoms with E-state index < -0.39 is 24.5 Å². The molecular weight excluding hydrogens is 284 g/mol. The van der Waals surface area contributed by atoms with E-state index in [1.807, 2.05) is 19.1 Å². The molecule has 1 aromatic carbocycles. The molecule has 0 bridgehead atoms. The Morgan fingerprint density at radius 3 is 2.91 bits per heavy atom. The molecule has 0 saturated carbocycles. The average Bonchev–Trinajstić information content (AvgIpc) is 2.86. The van der Waals surface area contributed by atoms with Crippen molar-refractivity contribution in [1.29, 1.82) is 0 Å². The Morgan fingerprint density at radius 1 is 1.41 bits per heavy atom. The van der Waals surface area contributed by atoms with Gasteiger partial charge in [0.05, 0.1) is 6.04 Å². The third-order valence-corrected chi connectivity index (χ3v) is 4.38. The molecular formula is C16H18N2O4. The smallest absolute Gasteiger partial charge is 0.322 e. The second-order valence-electron chi connectivity index (χ2n) is 5.89. The molecule has 2 heterocycles. The van der Waals surface area contributed by atoms with Crippen LogP contribution in [0.25, 0.3) is 0 Å². The van der Waals surface area contributed by atoms with E-state index in [-0.39, 0.29) is 11.9 Å². The van der Waals surface area contributed by atoms with E-state index in [9.17, 15) is 14.4 Å². The molecule has 0 aliphatic carbocycles. The number of hydrogen-bond donors (Lipinski definition) is 2. The van der Waals surface area contributed by atoms with E-state index in [1.165, 1.54) is 0 Å². The monoisotopic (exact) mass is 302 g/mol. The molecule has 2 N–H and O–H groups in total. The van der Waals surface area contributed by atoms with Gasteiger partial charge in [-0.05, 0) is 24.5 Å². The Morgan fingerprint density at radius 2 is 2.18 bits per heavy atom. The summed E-state index contributed by atoms with van der Waals surface area (Å²) in [5.41, 5.74) is 3.32. The number of carbonyl (C=O) groups excluding carboxylic acids is 2. The number of nitrogens with one attached hydrogen (secondary N) is 1. The highest BCUT2D eigenvalue weighted by atomic mass is 16.4. The van der Waals surface area contributed by atoms with Gasteiger partial charge in [-0.3, -0.25) is 14.4 Å². The highest BCUT2D eigenvalue weighted by Gasteiger charge is 2.44. The van der Waals surface area contributed by atoms with Crippen molar-refractivity contribution < 1.29 is 19.5 Å². The molecule has 1 aromatic rings. The number of benzene rings is 1. The number of carboxylic acids is 1. The summed E-state index contributed by atoms with van der Waals surface area (Å²) in [5, 5.41) is 11.1. The molecule has 0 radical (unpaired) electrons. The number of amides is 2. The summed E-state index contributed by atoms with van der Waals surface area (Å²) in [6.45, 7) is 1.58. The van der Waals surface area contributed by atoms with E-state index in [1.54, 1.807) is 4.90 Å². The third-order valence-electron chi connectivity index (χ3n) is 4.38. The van der Waals surface area contributed by atoms with Crippen molar-refractivity contribution >= 4 is 17.8 Å². The predicted octanol–water partition coefficient (Wildman–Crippen LogP) is 0.784. The van der Waals surface area contributed by atoms with Crippen LogP contribution in [0.4, 0.5) is 0 Å². The number of rotatable bonds is 3. The Kier molecular flexibility index (Phi) is 3.60. The number of carboxylic acid groups (broad SMARTS) is 1. The number of aliphatic carboxylic acids is 1. The maximum Gasteiger partial charge on any atom is 0.322 e. The van der Waals surface area contributed by atoms with Gasteiger partial charge in [0.2, 0.25) is 11.8 Å². The van der Waals surface area contributed by atoms with Crippen LogP contribution in [0.5, 0.6) is 0 Å². The predicted molar refractivity (Wildman–Crippen MR) is 78.1 cm³/mol. The molecule has 6 nitrogen and oxygen atoms in total. The zero-order chi connectivity index (χ0) is 15.9. The molecule has 116 valence electrons. The summed E-state index contributed by atoms with van der Waals surface area (Å²) in [5.74, 6) is -1.52. The molecule has 2 atom stereocenters. The molecule has 0 spiro atoms. The number of aryl methyl sites for hydroxylation is 1. The van der Waals surface area contributed by atoms with Crippen LogP contribution < -0.4 is 5.32 Å². The molecule has 3 rings (SSSR count). The van der Waals surface area contributed by atoms with E-state index in [2.05, 4.69) is 11.4 Å². The topological polar surface area (TPSA) is 86.7 Å². The van der Waals surface area contributed by atoms with E-state index >= 15 is 0 Å². The van der Waals surface area contributed by atoms with Crippen molar-refractivity contribution in [2.24, 2.45) is 0 Å². The molecule has 2 aliphatic rings. The minimum atomic E-state index is -1.09. The Hall–Kier alpha value is -2.37. The van der Waals surface area contributed by atoms with Crippen molar-refractivity contribution in [2.75, 3.05) is 6.54 Å². The zero-order valence-electron chi connectivity index (χ0n) is 12.3. The molecule has 2 amide bonds. The van der Waals surface area contributed by atoms with Gasteiger partial charge in [0.1, 0.15) is 12.6 Å². The summed E-state index contributed by atoms with van der Waals surface area (Å²) in [6.07, 6.45) is 1.57. The van der Waals surface area contributed by atoms with Crippen molar-refractivity contribution in [2.45, 2.75) is 38.3 Å². The van der Waals surface area contributed by atoms with Gasteiger partial charge in [-0.15, -0.1) is 0 Å². The van der Waals surface area contributed by atoms with Gasteiger partial charge in [-0.2, -0.15) is 0 Å². The summed E-state index contributed by atoms with van der Waals surface area (Å²) in [4.78, 5) is 36.7. The van der Waals surface area contributed by atoms with Gasteiger partial charge in [0, 0.05) is 12.8 Å². The Balaban J connectivity index is 1.92. The summed E-state index contributed by atoms with van der Waals surface area (Å²) in [7, 11) is 0. The lowest BCUT2D eigenvalue weighted by molar-refractivity contribution is -0.142. The first kappa shape index (κ1) is 14.6. The summed E-state index contributed by atoms with van der Waals surface area (Å²) in [6, 6.07) is 5.39. The normalized spacial score (nSPS) is 23.0. The van der Waals surface area contributed by atoms with Crippen molar-refractivity contribution in [3.05, 3.63) is 34.9 Å². The minimum absolute atomic E-state index is 0.0346. The standard InChI is InChI=1S/C16H18N2O4/c1-9-2-3-10-7-13(16(22)17-8-15(20)21)18-12(11(10)6-9)4-5-14(18)19/h2-3,6,12-13H,4-5,7-8H2,1H3,(H,17,22)(H,20,21)/t12-,13+/m1/s1. The number of carbonyl (C=O) groups is 3. The number of fused-ring (bicyclic) bond motifs is 3. The van der Waals surface area contributed by atoms with Crippen LogP contribution in [0.1, 0.15) is 35.6 Å². The van der Waals surface area contributed by atoms with Crippen LogP contribution in [0, 0.1) is 6.92 Å². The molecule has 0 unspecified atom stereocenters. The fraction of sp³-hybridized carbons (Fsp3) is 0.438. The van der Waals surface area contributed by atoms with E-state index in [0.717, 1.165) is 16.7 Å². The maximum atomic E-state index is 12.3. The fourth-order valence-corrected chi connectivity index (χ4v) is 3.42. The van der Waals surface area contributed by atoms with Crippen molar-refractivity contribution in [1.82, 2.24) is 10.2 Å². The second-order valence-corrected chi connectivity index (χ2v) is 5.89.